The summed E-state index contributed by atoms with van der Waals surface area (Å²) in [6, 6.07) is 6.83. The van der Waals surface area contributed by atoms with Crippen molar-refractivity contribution >= 4 is 22.4 Å². The molecule has 0 aromatic carbocycles. The Hall–Kier alpha value is -1.79. The van der Waals surface area contributed by atoms with Crippen molar-refractivity contribution in [1.82, 2.24) is 5.32 Å². The van der Waals surface area contributed by atoms with Gasteiger partial charge in [0.05, 0.1) is 11.3 Å². The van der Waals surface area contributed by atoms with Gasteiger partial charge in [0.25, 0.3) is 0 Å². The molecule has 96 valence electrons. The number of aliphatic hydroxyl groups excluding tert-OH is 1. The van der Waals surface area contributed by atoms with E-state index < -0.39 is 6.10 Å². The molecule has 2 aromatic heterocycles. The summed E-state index contributed by atoms with van der Waals surface area (Å²) in [6.45, 7) is 0.374. The molecule has 1 atom stereocenters. The van der Waals surface area contributed by atoms with Crippen molar-refractivity contribution in [3.63, 3.8) is 0 Å². The van der Waals surface area contributed by atoms with Crippen LogP contribution in [0.5, 0.6) is 0 Å². The number of thiophene rings is 1. The number of rotatable bonds is 5. The molecule has 0 aliphatic heterocycles. The Labute approximate surface area is 108 Å². The first-order chi connectivity index (χ1) is 8.75. The number of carbonyl (C=O) groups excluding carboxylic acids is 1. The van der Waals surface area contributed by atoms with Gasteiger partial charge in [-0.25, -0.2) is 4.79 Å². The van der Waals surface area contributed by atoms with Gasteiger partial charge in [-0.2, -0.15) is 0 Å². The van der Waals surface area contributed by atoms with E-state index in [4.69, 9.17) is 4.42 Å². The smallest absolute Gasteiger partial charge is 0.319 e. The van der Waals surface area contributed by atoms with Crippen molar-refractivity contribution < 1.29 is 14.3 Å². The van der Waals surface area contributed by atoms with Crippen molar-refractivity contribution in [3.8, 4) is 0 Å². The Balaban J connectivity index is 1.67. The number of anilines is 1. The molecule has 0 fully saturated rings. The number of carbonyl (C=O) groups is 1. The van der Waals surface area contributed by atoms with Gasteiger partial charge in [0.1, 0.15) is 11.9 Å². The van der Waals surface area contributed by atoms with Gasteiger partial charge in [-0.15, -0.1) is 11.3 Å². The first kappa shape index (κ1) is 12.7. The monoisotopic (exact) mass is 266 g/mol. The van der Waals surface area contributed by atoms with Gasteiger partial charge >= 0.3 is 6.03 Å². The van der Waals surface area contributed by atoms with Crippen molar-refractivity contribution in [1.29, 1.82) is 0 Å². The highest BCUT2D eigenvalue weighted by atomic mass is 32.1. The lowest BCUT2D eigenvalue weighted by Gasteiger charge is -2.09. The summed E-state index contributed by atoms with van der Waals surface area (Å²) < 4.78 is 5.06. The van der Waals surface area contributed by atoms with E-state index in [2.05, 4.69) is 10.6 Å². The summed E-state index contributed by atoms with van der Waals surface area (Å²) in [5, 5.41) is 17.8. The molecule has 2 heterocycles. The van der Waals surface area contributed by atoms with E-state index >= 15 is 0 Å². The number of amides is 2. The van der Waals surface area contributed by atoms with Gasteiger partial charge < -0.3 is 14.8 Å². The van der Waals surface area contributed by atoms with Crippen molar-refractivity contribution in [2.75, 3.05) is 11.9 Å². The highest BCUT2D eigenvalue weighted by Crippen LogP contribution is 2.16. The van der Waals surface area contributed by atoms with Gasteiger partial charge in [0, 0.05) is 6.54 Å². The van der Waals surface area contributed by atoms with E-state index in [0.29, 0.717) is 18.7 Å². The zero-order chi connectivity index (χ0) is 12.8. The number of furan rings is 1. The van der Waals surface area contributed by atoms with Gasteiger partial charge in [-0.05, 0) is 36.1 Å². The minimum atomic E-state index is -0.693. The second-order valence-corrected chi connectivity index (χ2v) is 4.63. The van der Waals surface area contributed by atoms with Crippen LogP contribution in [0.3, 0.4) is 0 Å². The lowest BCUT2D eigenvalue weighted by atomic mass is 10.2. The van der Waals surface area contributed by atoms with E-state index in [0.717, 1.165) is 5.00 Å². The standard InChI is InChI=1S/C12H14N2O3S/c15-9(10-3-1-7-17-10)5-6-13-12(16)14-11-4-2-8-18-11/h1-4,7-9,15H,5-6H2,(H2,13,14,16)/t9-/m0/s1. The Morgan fingerprint density at radius 3 is 3.00 bits per heavy atom. The van der Waals surface area contributed by atoms with Gasteiger partial charge in [-0.1, -0.05) is 0 Å². The third-order valence-electron chi connectivity index (χ3n) is 2.33. The summed E-state index contributed by atoms with van der Waals surface area (Å²) in [6.07, 6.45) is 1.22. The average Bonchev–Trinajstić information content (AvgIpc) is 3.00. The minimum absolute atomic E-state index is 0.274. The zero-order valence-corrected chi connectivity index (χ0v) is 10.4. The van der Waals surface area contributed by atoms with Crippen LogP contribution in [0, 0.1) is 0 Å². The van der Waals surface area contributed by atoms with Crippen LogP contribution in [0.25, 0.3) is 0 Å². The normalized spacial score (nSPS) is 12.1. The predicted octanol–water partition coefficient (Wildman–Crippen LogP) is 2.59. The number of urea groups is 1. The first-order valence-corrected chi connectivity index (χ1v) is 6.43. The van der Waals surface area contributed by atoms with Gasteiger partial charge in [-0.3, -0.25) is 5.32 Å². The molecule has 0 aliphatic carbocycles. The number of aliphatic hydroxyl groups is 1. The fraction of sp³-hybridized carbons (Fsp3) is 0.250. The Morgan fingerprint density at radius 1 is 1.44 bits per heavy atom. The van der Waals surface area contributed by atoms with Crippen LogP contribution >= 0.6 is 11.3 Å². The summed E-state index contributed by atoms with van der Waals surface area (Å²) in [7, 11) is 0. The molecular formula is C12H14N2O3S. The van der Waals surface area contributed by atoms with Crippen LogP contribution in [0.4, 0.5) is 9.80 Å². The molecule has 3 N–H and O–H groups in total. The Morgan fingerprint density at radius 2 is 2.33 bits per heavy atom. The van der Waals surface area contributed by atoms with Crippen LogP contribution in [0.15, 0.2) is 40.3 Å². The third-order valence-corrected chi connectivity index (χ3v) is 3.12. The molecule has 0 radical (unpaired) electrons. The second-order valence-electron chi connectivity index (χ2n) is 3.68. The summed E-state index contributed by atoms with van der Waals surface area (Å²) in [4.78, 5) is 11.5. The van der Waals surface area contributed by atoms with Crippen LogP contribution in [-0.4, -0.2) is 17.7 Å². The number of nitrogens with one attached hydrogen (secondary N) is 2. The molecule has 0 unspecified atom stereocenters. The lowest BCUT2D eigenvalue weighted by molar-refractivity contribution is 0.140. The van der Waals surface area contributed by atoms with Crippen molar-refractivity contribution in [2.24, 2.45) is 0 Å². The van der Waals surface area contributed by atoms with Crippen LogP contribution in [0.2, 0.25) is 0 Å². The van der Waals surface area contributed by atoms with Crippen LogP contribution < -0.4 is 10.6 Å². The van der Waals surface area contributed by atoms with E-state index in [1.54, 1.807) is 12.1 Å². The van der Waals surface area contributed by atoms with Crippen molar-refractivity contribution in [2.45, 2.75) is 12.5 Å². The quantitative estimate of drug-likeness (QED) is 0.778. The summed E-state index contributed by atoms with van der Waals surface area (Å²) in [5.41, 5.74) is 0. The molecule has 2 amide bonds. The second kappa shape index (κ2) is 6.23. The van der Waals surface area contributed by atoms with E-state index in [9.17, 15) is 9.90 Å². The maximum Gasteiger partial charge on any atom is 0.319 e. The Kier molecular flexibility index (Phi) is 4.38. The maximum absolute atomic E-state index is 11.5. The molecule has 2 rings (SSSR count). The average molecular weight is 266 g/mol. The third kappa shape index (κ3) is 3.61. The maximum atomic E-state index is 11.5. The van der Waals surface area contributed by atoms with E-state index in [1.165, 1.54) is 17.6 Å². The minimum Gasteiger partial charge on any atom is -0.467 e. The summed E-state index contributed by atoms with van der Waals surface area (Å²) in [5.74, 6) is 0.510. The lowest BCUT2D eigenvalue weighted by Crippen LogP contribution is -2.29. The van der Waals surface area contributed by atoms with Crippen molar-refractivity contribution in [3.05, 3.63) is 41.7 Å². The fourth-order valence-electron chi connectivity index (χ4n) is 1.45. The first-order valence-electron chi connectivity index (χ1n) is 5.55. The summed E-state index contributed by atoms with van der Waals surface area (Å²) >= 11 is 1.45. The molecule has 2 aromatic rings. The molecule has 0 spiro atoms. The highest BCUT2D eigenvalue weighted by Gasteiger charge is 2.10. The topological polar surface area (TPSA) is 74.5 Å². The molecule has 6 heteroatoms. The molecule has 0 saturated heterocycles. The van der Waals surface area contributed by atoms with E-state index in [1.807, 2.05) is 17.5 Å². The molecule has 5 nitrogen and oxygen atoms in total. The van der Waals surface area contributed by atoms with E-state index in [-0.39, 0.29) is 6.03 Å². The number of hydrogen-bond acceptors (Lipinski definition) is 4. The molecule has 0 saturated carbocycles. The van der Waals surface area contributed by atoms with Crippen LogP contribution in [-0.2, 0) is 0 Å². The molecule has 0 bridgehead atoms. The highest BCUT2D eigenvalue weighted by molar-refractivity contribution is 7.14. The molecule has 18 heavy (non-hydrogen) atoms. The SMILES string of the molecule is O=C(NCC[C@H](O)c1ccco1)Nc1cccs1. The number of hydrogen-bond donors (Lipinski definition) is 3. The fourth-order valence-corrected chi connectivity index (χ4v) is 2.06. The van der Waals surface area contributed by atoms with Gasteiger partial charge in [0.2, 0.25) is 0 Å². The van der Waals surface area contributed by atoms with Crippen LogP contribution in [0.1, 0.15) is 18.3 Å². The predicted molar refractivity (Wildman–Crippen MR) is 69.6 cm³/mol. The Bertz CT molecular complexity index is 467. The van der Waals surface area contributed by atoms with Gasteiger partial charge in [0.15, 0.2) is 0 Å². The molecular weight excluding hydrogens is 252 g/mol. The largest absolute Gasteiger partial charge is 0.467 e. The molecule has 0 aliphatic rings. The zero-order valence-electron chi connectivity index (χ0n) is 9.63.